The number of aromatic carboxylic acids is 1. The second-order valence-electron chi connectivity index (χ2n) is 4.54. The third-order valence-corrected chi connectivity index (χ3v) is 2.93. The summed E-state index contributed by atoms with van der Waals surface area (Å²) >= 11 is 0. The summed E-state index contributed by atoms with van der Waals surface area (Å²) in [5.74, 6) is -2.69. The zero-order valence-electron chi connectivity index (χ0n) is 11.5. The maximum Gasteiger partial charge on any atom is 0.338 e. The number of carbonyl (C=O) groups is 2. The number of anilines is 1. The fourth-order valence-corrected chi connectivity index (χ4v) is 1.89. The van der Waals surface area contributed by atoms with Gasteiger partial charge in [-0.3, -0.25) is 9.78 Å². The quantitative estimate of drug-likeness (QED) is 0.910. The molecule has 0 aliphatic heterocycles. The molecule has 0 aliphatic rings. The van der Waals surface area contributed by atoms with Crippen LogP contribution in [0.15, 0.2) is 30.3 Å². The Morgan fingerprint density at radius 1 is 1.14 bits per heavy atom. The lowest BCUT2D eigenvalue weighted by Crippen LogP contribution is -2.15. The van der Waals surface area contributed by atoms with Gasteiger partial charge in [0.15, 0.2) is 0 Å². The van der Waals surface area contributed by atoms with Crippen LogP contribution in [0.5, 0.6) is 0 Å². The number of aryl methyl sites for hydroxylation is 2. The highest BCUT2D eigenvalue weighted by Gasteiger charge is 2.14. The predicted molar refractivity (Wildman–Crippen MR) is 75.0 cm³/mol. The second-order valence-corrected chi connectivity index (χ2v) is 4.54. The number of halogens is 1. The Hall–Kier alpha value is -2.76. The molecule has 2 aromatic rings. The standard InChI is InChI=1S/C15H13FN2O3/c1-8-3-5-11(9(2)17-8)14(19)18-10-4-6-12(15(20)21)13(16)7-10/h3-7H,1-2H3,(H,18,19)(H,20,21). The molecule has 2 rings (SSSR count). The van der Waals surface area contributed by atoms with E-state index in [-0.39, 0.29) is 5.69 Å². The number of nitrogens with one attached hydrogen (secondary N) is 1. The van der Waals surface area contributed by atoms with Gasteiger partial charge >= 0.3 is 5.97 Å². The molecule has 1 amide bonds. The fraction of sp³-hybridized carbons (Fsp3) is 0.133. The Balaban J connectivity index is 2.23. The summed E-state index contributed by atoms with van der Waals surface area (Å²) in [6.45, 7) is 3.52. The number of nitrogens with zero attached hydrogens (tertiary/aromatic N) is 1. The first kappa shape index (κ1) is 14.6. The van der Waals surface area contributed by atoms with E-state index >= 15 is 0 Å². The van der Waals surface area contributed by atoms with Crippen molar-refractivity contribution < 1.29 is 19.1 Å². The predicted octanol–water partition coefficient (Wildman–Crippen LogP) is 2.79. The summed E-state index contributed by atoms with van der Waals surface area (Å²) in [5.41, 5.74) is 1.48. The molecule has 1 aromatic heterocycles. The summed E-state index contributed by atoms with van der Waals surface area (Å²) in [6.07, 6.45) is 0. The highest BCUT2D eigenvalue weighted by atomic mass is 19.1. The molecule has 0 radical (unpaired) electrons. The molecular weight excluding hydrogens is 275 g/mol. The third kappa shape index (κ3) is 3.22. The van der Waals surface area contributed by atoms with Gasteiger partial charge in [0, 0.05) is 11.4 Å². The number of hydrogen-bond donors (Lipinski definition) is 2. The van der Waals surface area contributed by atoms with Gasteiger partial charge in [-0.2, -0.15) is 0 Å². The molecule has 0 fully saturated rings. The van der Waals surface area contributed by atoms with Crippen LogP contribution in [0, 0.1) is 19.7 Å². The average molecular weight is 288 g/mol. The van der Waals surface area contributed by atoms with Crippen LogP contribution in [0.4, 0.5) is 10.1 Å². The molecule has 108 valence electrons. The Kier molecular flexibility index (Phi) is 3.98. The van der Waals surface area contributed by atoms with Crippen molar-refractivity contribution in [2.24, 2.45) is 0 Å². The molecule has 21 heavy (non-hydrogen) atoms. The molecule has 0 spiro atoms. The van der Waals surface area contributed by atoms with Crippen molar-refractivity contribution in [1.82, 2.24) is 4.98 Å². The minimum Gasteiger partial charge on any atom is -0.478 e. The van der Waals surface area contributed by atoms with Crippen molar-refractivity contribution in [2.45, 2.75) is 13.8 Å². The highest BCUT2D eigenvalue weighted by Crippen LogP contribution is 2.16. The third-order valence-electron chi connectivity index (χ3n) is 2.93. The lowest BCUT2D eigenvalue weighted by atomic mass is 10.1. The van der Waals surface area contributed by atoms with Crippen LogP contribution >= 0.6 is 0 Å². The summed E-state index contributed by atoms with van der Waals surface area (Å²) in [4.78, 5) is 27.0. The zero-order valence-corrected chi connectivity index (χ0v) is 11.5. The van der Waals surface area contributed by atoms with E-state index in [0.717, 1.165) is 17.8 Å². The number of aromatic nitrogens is 1. The van der Waals surface area contributed by atoms with Crippen LogP contribution in [0.1, 0.15) is 32.1 Å². The molecule has 1 heterocycles. The van der Waals surface area contributed by atoms with Gasteiger partial charge in [-0.15, -0.1) is 0 Å². The lowest BCUT2D eigenvalue weighted by molar-refractivity contribution is 0.0692. The second kappa shape index (κ2) is 5.70. The van der Waals surface area contributed by atoms with Crippen LogP contribution in [0.25, 0.3) is 0 Å². The molecular formula is C15H13FN2O3. The maximum absolute atomic E-state index is 13.5. The van der Waals surface area contributed by atoms with Gasteiger partial charge in [0.2, 0.25) is 0 Å². The maximum atomic E-state index is 13.5. The van der Waals surface area contributed by atoms with Gasteiger partial charge < -0.3 is 10.4 Å². The largest absolute Gasteiger partial charge is 0.478 e. The number of benzene rings is 1. The molecule has 2 N–H and O–H groups in total. The van der Waals surface area contributed by atoms with Crippen LogP contribution < -0.4 is 5.32 Å². The minimum absolute atomic E-state index is 0.183. The van der Waals surface area contributed by atoms with E-state index in [1.807, 2.05) is 6.92 Å². The number of hydrogen-bond acceptors (Lipinski definition) is 3. The summed E-state index contributed by atoms with van der Waals surface area (Å²) in [6, 6.07) is 6.75. The van der Waals surface area contributed by atoms with E-state index in [1.165, 1.54) is 6.07 Å². The van der Waals surface area contributed by atoms with Crippen LogP contribution in [0.2, 0.25) is 0 Å². The average Bonchev–Trinajstić information content (AvgIpc) is 2.37. The molecule has 0 bridgehead atoms. The van der Waals surface area contributed by atoms with E-state index < -0.39 is 23.3 Å². The molecule has 1 aromatic carbocycles. The normalized spacial score (nSPS) is 10.2. The van der Waals surface area contributed by atoms with E-state index in [4.69, 9.17) is 5.11 Å². The van der Waals surface area contributed by atoms with Crippen molar-refractivity contribution in [2.75, 3.05) is 5.32 Å². The molecule has 0 aliphatic carbocycles. The van der Waals surface area contributed by atoms with Crippen LogP contribution in [-0.4, -0.2) is 22.0 Å². The first-order valence-corrected chi connectivity index (χ1v) is 6.17. The molecule has 0 unspecified atom stereocenters. The van der Waals surface area contributed by atoms with Gasteiger partial charge in [0.25, 0.3) is 5.91 Å². The Labute approximate surface area is 120 Å². The number of carbonyl (C=O) groups excluding carboxylic acids is 1. The topological polar surface area (TPSA) is 79.3 Å². The monoisotopic (exact) mass is 288 g/mol. The highest BCUT2D eigenvalue weighted by molar-refractivity contribution is 6.05. The van der Waals surface area contributed by atoms with E-state index in [1.54, 1.807) is 19.1 Å². The smallest absolute Gasteiger partial charge is 0.338 e. The van der Waals surface area contributed by atoms with E-state index in [9.17, 15) is 14.0 Å². The first-order valence-electron chi connectivity index (χ1n) is 6.17. The molecule has 6 heteroatoms. The van der Waals surface area contributed by atoms with Crippen molar-refractivity contribution >= 4 is 17.6 Å². The Morgan fingerprint density at radius 2 is 1.81 bits per heavy atom. The van der Waals surface area contributed by atoms with Crippen LogP contribution in [-0.2, 0) is 0 Å². The number of carboxylic acids is 1. The van der Waals surface area contributed by atoms with Crippen molar-refractivity contribution in [3.8, 4) is 0 Å². The van der Waals surface area contributed by atoms with Crippen molar-refractivity contribution in [3.05, 3.63) is 58.7 Å². The summed E-state index contributed by atoms with van der Waals surface area (Å²) < 4.78 is 13.5. The van der Waals surface area contributed by atoms with E-state index in [2.05, 4.69) is 10.3 Å². The van der Waals surface area contributed by atoms with Crippen molar-refractivity contribution in [3.63, 3.8) is 0 Å². The van der Waals surface area contributed by atoms with Gasteiger partial charge in [-0.25, -0.2) is 9.18 Å². The van der Waals surface area contributed by atoms with E-state index in [0.29, 0.717) is 11.3 Å². The summed E-state index contributed by atoms with van der Waals surface area (Å²) in [7, 11) is 0. The SMILES string of the molecule is Cc1ccc(C(=O)Nc2ccc(C(=O)O)c(F)c2)c(C)n1. The number of pyridine rings is 1. The Morgan fingerprint density at radius 3 is 2.38 bits per heavy atom. The van der Waals surface area contributed by atoms with Gasteiger partial charge in [0.05, 0.1) is 16.8 Å². The van der Waals surface area contributed by atoms with Gasteiger partial charge in [-0.1, -0.05) is 0 Å². The molecule has 0 saturated carbocycles. The molecule has 5 nitrogen and oxygen atoms in total. The summed E-state index contributed by atoms with van der Waals surface area (Å²) in [5, 5.41) is 11.3. The van der Waals surface area contributed by atoms with Gasteiger partial charge in [-0.05, 0) is 44.2 Å². The minimum atomic E-state index is -1.36. The first-order chi connectivity index (χ1) is 9.88. The number of amides is 1. The molecule has 0 atom stereocenters. The Bertz CT molecular complexity index is 729. The number of carboxylic acid groups (broad SMARTS) is 1. The van der Waals surface area contributed by atoms with Crippen LogP contribution in [0.3, 0.4) is 0 Å². The zero-order chi connectivity index (χ0) is 15.6. The fourth-order valence-electron chi connectivity index (χ4n) is 1.89. The molecule has 0 saturated heterocycles. The lowest BCUT2D eigenvalue weighted by Gasteiger charge is -2.08. The number of rotatable bonds is 3. The van der Waals surface area contributed by atoms with Crippen molar-refractivity contribution in [1.29, 1.82) is 0 Å². The van der Waals surface area contributed by atoms with Gasteiger partial charge in [0.1, 0.15) is 5.82 Å².